The van der Waals surface area contributed by atoms with Gasteiger partial charge in [-0.3, -0.25) is 4.90 Å². The van der Waals surface area contributed by atoms with Gasteiger partial charge in [0, 0.05) is 30.2 Å². The van der Waals surface area contributed by atoms with Crippen LogP contribution in [0.3, 0.4) is 0 Å². The minimum Gasteiger partial charge on any atom is -0.295 e. The second kappa shape index (κ2) is 9.00. The lowest BCUT2D eigenvalue weighted by Gasteiger charge is -2.41. The van der Waals surface area contributed by atoms with Crippen molar-refractivity contribution in [2.45, 2.75) is 49.1 Å². The molecule has 1 aliphatic carbocycles. The smallest absolute Gasteiger partial charge is 0.240 e. The lowest BCUT2D eigenvalue weighted by atomic mass is 9.88. The average molecular weight is 431 g/mol. The van der Waals surface area contributed by atoms with Crippen LogP contribution in [0.15, 0.2) is 65.6 Å². The van der Waals surface area contributed by atoms with Gasteiger partial charge < -0.3 is 0 Å². The van der Waals surface area contributed by atoms with E-state index in [9.17, 15) is 8.42 Å². The first kappa shape index (κ1) is 20.6. The largest absolute Gasteiger partial charge is 0.295 e. The van der Waals surface area contributed by atoms with E-state index in [4.69, 9.17) is 11.6 Å². The van der Waals surface area contributed by atoms with E-state index in [0.29, 0.717) is 5.02 Å². The second-order valence-electron chi connectivity index (χ2n) is 7.87. The molecule has 4 rings (SSSR count). The topological polar surface area (TPSA) is 49.4 Å². The molecule has 0 spiro atoms. The lowest BCUT2D eigenvalue weighted by Crippen LogP contribution is -2.54. The third-order valence-electron chi connectivity index (χ3n) is 6.01. The summed E-state index contributed by atoms with van der Waals surface area (Å²) >= 11 is 5.91. The molecule has 2 aromatic carbocycles. The summed E-state index contributed by atoms with van der Waals surface area (Å²) < 4.78 is 28.8. The van der Waals surface area contributed by atoms with E-state index in [1.54, 1.807) is 24.3 Å². The van der Waals surface area contributed by atoms with Gasteiger partial charge in [0.2, 0.25) is 10.0 Å². The Morgan fingerprint density at radius 2 is 1.69 bits per heavy atom. The molecule has 0 radical (unpaired) electrons. The lowest BCUT2D eigenvalue weighted by molar-refractivity contribution is 0.144. The van der Waals surface area contributed by atoms with Gasteiger partial charge in [0.15, 0.2) is 0 Å². The number of nitrogens with zero attached hydrogens (tertiary/aromatic N) is 1. The Balaban J connectivity index is 1.47. The van der Waals surface area contributed by atoms with Gasteiger partial charge in [-0.15, -0.1) is 0 Å². The van der Waals surface area contributed by atoms with Crippen molar-refractivity contribution in [3.8, 4) is 0 Å². The van der Waals surface area contributed by atoms with E-state index < -0.39 is 10.0 Å². The van der Waals surface area contributed by atoms with E-state index in [1.807, 2.05) is 6.07 Å². The number of hydrogen-bond acceptors (Lipinski definition) is 3. The molecule has 1 aliphatic heterocycles. The van der Waals surface area contributed by atoms with Crippen molar-refractivity contribution in [1.29, 1.82) is 0 Å². The van der Waals surface area contributed by atoms with Gasteiger partial charge in [0.05, 0.1) is 4.90 Å². The maximum absolute atomic E-state index is 12.9. The highest BCUT2D eigenvalue weighted by atomic mass is 35.5. The van der Waals surface area contributed by atoms with E-state index in [1.165, 1.54) is 11.1 Å². The molecule has 0 saturated heterocycles. The van der Waals surface area contributed by atoms with Crippen molar-refractivity contribution in [1.82, 2.24) is 9.62 Å². The van der Waals surface area contributed by atoms with Gasteiger partial charge in [-0.25, -0.2) is 13.1 Å². The van der Waals surface area contributed by atoms with Gasteiger partial charge in [-0.05, 0) is 54.7 Å². The molecule has 0 aromatic heterocycles. The molecule has 1 saturated carbocycles. The number of halogens is 1. The quantitative estimate of drug-likeness (QED) is 0.746. The van der Waals surface area contributed by atoms with Crippen LogP contribution in [0.5, 0.6) is 0 Å². The number of hydrogen-bond donors (Lipinski definition) is 1. The standard InChI is InChI=1S/C23H27ClN2O2S/c24-20-10-12-21(13-11-20)29(27,28)25-22-8-4-5-9-23(22)26-16-14-19(15-17-26)18-6-2-1-3-7-18/h1-3,6-7,10-14,22-23,25H,4-5,8-9,15-17H2/t22-,23+/m0/s1. The summed E-state index contributed by atoms with van der Waals surface area (Å²) in [6.45, 7) is 1.83. The van der Waals surface area contributed by atoms with Crippen LogP contribution in [0, 0.1) is 0 Å². The van der Waals surface area contributed by atoms with Crippen molar-refractivity contribution < 1.29 is 8.42 Å². The summed E-state index contributed by atoms with van der Waals surface area (Å²) in [5, 5.41) is 0.536. The molecule has 0 amide bonds. The molecule has 2 atom stereocenters. The Morgan fingerprint density at radius 3 is 2.38 bits per heavy atom. The monoisotopic (exact) mass is 430 g/mol. The van der Waals surface area contributed by atoms with Crippen molar-refractivity contribution >= 4 is 27.2 Å². The first-order valence-corrected chi connectivity index (χ1v) is 12.2. The second-order valence-corrected chi connectivity index (χ2v) is 10.0. The summed E-state index contributed by atoms with van der Waals surface area (Å²) in [6.07, 6.45) is 7.42. The number of nitrogens with one attached hydrogen (secondary N) is 1. The van der Waals surface area contributed by atoms with Crippen LogP contribution in [0.2, 0.25) is 5.02 Å². The third kappa shape index (κ3) is 4.92. The van der Waals surface area contributed by atoms with Gasteiger partial charge in [0.25, 0.3) is 0 Å². The van der Waals surface area contributed by atoms with E-state index in [0.717, 1.165) is 45.2 Å². The van der Waals surface area contributed by atoms with Crippen LogP contribution in [0.25, 0.3) is 5.57 Å². The normalized spacial score (nSPS) is 23.6. The molecule has 2 aliphatic rings. The molecule has 1 N–H and O–H groups in total. The number of benzene rings is 2. The molecule has 6 heteroatoms. The van der Waals surface area contributed by atoms with E-state index >= 15 is 0 Å². The first-order chi connectivity index (χ1) is 14.0. The summed E-state index contributed by atoms with van der Waals surface area (Å²) in [4.78, 5) is 2.72. The molecule has 29 heavy (non-hydrogen) atoms. The zero-order valence-corrected chi connectivity index (χ0v) is 18.0. The Kier molecular flexibility index (Phi) is 6.40. The molecule has 0 bridgehead atoms. The van der Waals surface area contributed by atoms with E-state index in [-0.39, 0.29) is 17.0 Å². The zero-order chi connectivity index (χ0) is 20.3. The maximum Gasteiger partial charge on any atom is 0.240 e. The maximum atomic E-state index is 12.9. The average Bonchev–Trinajstić information content (AvgIpc) is 2.75. The summed E-state index contributed by atoms with van der Waals surface area (Å²) in [7, 11) is -3.55. The number of sulfonamides is 1. The molecule has 1 heterocycles. The minimum absolute atomic E-state index is 0.0592. The molecule has 1 fully saturated rings. The fourth-order valence-corrected chi connectivity index (χ4v) is 5.90. The van der Waals surface area contributed by atoms with Gasteiger partial charge in [-0.2, -0.15) is 0 Å². The third-order valence-corrected chi connectivity index (χ3v) is 7.77. The Bertz CT molecular complexity index is 958. The van der Waals surface area contributed by atoms with Gasteiger partial charge >= 0.3 is 0 Å². The van der Waals surface area contributed by atoms with Crippen LogP contribution in [-0.4, -0.2) is 38.5 Å². The fraction of sp³-hybridized carbons (Fsp3) is 0.391. The van der Waals surface area contributed by atoms with Crippen LogP contribution in [-0.2, 0) is 10.0 Å². The minimum atomic E-state index is -3.55. The van der Waals surface area contributed by atoms with Crippen molar-refractivity contribution in [2.24, 2.45) is 0 Å². The Labute approximate surface area is 178 Å². The summed E-state index contributed by atoms with van der Waals surface area (Å²) in [5.74, 6) is 0. The first-order valence-electron chi connectivity index (χ1n) is 10.3. The van der Waals surface area contributed by atoms with E-state index in [2.05, 4.69) is 40.0 Å². The van der Waals surface area contributed by atoms with Crippen LogP contribution in [0.4, 0.5) is 0 Å². The molecular formula is C23H27ClN2O2S. The predicted molar refractivity (Wildman–Crippen MR) is 118 cm³/mol. The highest BCUT2D eigenvalue weighted by Gasteiger charge is 2.33. The SMILES string of the molecule is O=S(=O)(N[C@H]1CCCC[C@H]1N1CC=C(c2ccccc2)CC1)c1ccc(Cl)cc1. The zero-order valence-electron chi connectivity index (χ0n) is 16.4. The number of rotatable bonds is 5. The fourth-order valence-electron chi connectivity index (χ4n) is 4.47. The Hall–Kier alpha value is -1.66. The van der Waals surface area contributed by atoms with Gasteiger partial charge in [-0.1, -0.05) is 60.9 Å². The Morgan fingerprint density at radius 1 is 0.966 bits per heavy atom. The molecule has 154 valence electrons. The van der Waals surface area contributed by atoms with Crippen LogP contribution >= 0.6 is 11.6 Å². The predicted octanol–water partition coefficient (Wildman–Crippen LogP) is 4.72. The van der Waals surface area contributed by atoms with Crippen molar-refractivity contribution in [2.75, 3.05) is 13.1 Å². The molecule has 0 unspecified atom stereocenters. The van der Waals surface area contributed by atoms with Gasteiger partial charge in [0.1, 0.15) is 0 Å². The highest BCUT2D eigenvalue weighted by molar-refractivity contribution is 7.89. The summed E-state index contributed by atoms with van der Waals surface area (Å²) in [6, 6.07) is 17.1. The molecular weight excluding hydrogens is 404 g/mol. The van der Waals surface area contributed by atoms with Crippen molar-refractivity contribution in [3.05, 3.63) is 71.3 Å². The molecule has 4 nitrogen and oxygen atoms in total. The van der Waals surface area contributed by atoms with Crippen molar-refractivity contribution in [3.63, 3.8) is 0 Å². The summed E-state index contributed by atoms with van der Waals surface area (Å²) in [5.41, 5.74) is 2.67. The molecule has 2 aromatic rings. The highest BCUT2D eigenvalue weighted by Crippen LogP contribution is 2.29. The van der Waals surface area contributed by atoms with Crippen LogP contribution < -0.4 is 4.72 Å². The van der Waals surface area contributed by atoms with Crippen LogP contribution in [0.1, 0.15) is 37.7 Å².